The summed E-state index contributed by atoms with van der Waals surface area (Å²) in [6.07, 6.45) is 4.34. The highest BCUT2D eigenvalue weighted by Gasteiger charge is 2.59. The van der Waals surface area contributed by atoms with Gasteiger partial charge in [-0.2, -0.15) is 0 Å². The molecule has 2 fully saturated rings. The SMILES string of the molecule is CS(=O)CCCN1C(=O)C2(CC2)NC1c1ccccc1. The minimum Gasteiger partial charge on any atom is -0.321 e. The van der Waals surface area contributed by atoms with Crippen LogP contribution in [0.15, 0.2) is 30.3 Å². The van der Waals surface area contributed by atoms with Gasteiger partial charge in [0.1, 0.15) is 11.7 Å². The van der Waals surface area contributed by atoms with Crippen molar-refractivity contribution in [3.63, 3.8) is 0 Å². The summed E-state index contributed by atoms with van der Waals surface area (Å²) >= 11 is 0. The Balaban J connectivity index is 1.76. The van der Waals surface area contributed by atoms with Crippen LogP contribution in [0.5, 0.6) is 0 Å². The smallest absolute Gasteiger partial charge is 0.244 e. The molecule has 0 aromatic heterocycles. The second kappa shape index (κ2) is 5.30. The van der Waals surface area contributed by atoms with Crippen molar-refractivity contribution in [2.45, 2.75) is 31.0 Å². The van der Waals surface area contributed by atoms with Gasteiger partial charge in [0.2, 0.25) is 5.91 Å². The number of carbonyl (C=O) groups is 1. The Morgan fingerprint density at radius 2 is 2.05 bits per heavy atom. The highest BCUT2D eigenvalue weighted by molar-refractivity contribution is 7.84. The fraction of sp³-hybridized carbons (Fsp3) is 0.533. The van der Waals surface area contributed by atoms with E-state index in [1.54, 1.807) is 6.26 Å². The van der Waals surface area contributed by atoms with E-state index in [4.69, 9.17) is 0 Å². The molecule has 1 N–H and O–H groups in total. The molecule has 20 heavy (non-hydrogen) atoms. The van der Waals surface area contributed by atoms with E-state index in [0.29, 0.717) is 12.3 Å². The lowest BCUT2D eigenvalue weighted by molar-refractivity contribution is -0.130. The normalized spacial score (nSPS) is 25.1. The maximum absolute atomic E-state index is 12.5. The Kier molecular flexibility index (Phi) is 3.65. The van der Waals surface area contributed by atoms with Crippen molar-refractivity contribution in [3.8, 4) is 0 Å². The minimum atomic E-state index is -0.794. The van der Waals surface area contributed by atoms with Crippen molar-refractivity contribution in [2.24, 2.45) is 0 Å². The Labute approximate surface area is 122 Å². The topological polar surface area (TPSA) is 49.4 Å². The van der Waals surface area contributed by atoms with E-state index in [1.165, 1.54) is 0 Å². The summed E-state index contributed by atoms with van der Waals surface area (Å²) in [4.78, 5) is 14.5. The van der Waals surface area contributed by atoms with Crippen LogP contribution in [0.2, 0.25) is 0 Å². The molecule has 1 heterocycles. The molecule has 2 unspecified atom stereocenters. The molecule has 1 saturated carbocycles. The average Bonchev–Trinajstić information content (AvgIpc) is 3.17. The number of nitrogens with zero attached hydrogens (tertiary/aromatic N) is 1. The number of amides is 1. The predicted molar refractivity (Wildman–Crippen MR) is 79.5 cm³/mol. The van der Waals surface area contributed by atoms with Gasteiger partial charge in [0.15, 0.2) is 0 Å². The second-order valence-electron chi connectivity index (χ2n) is 5.67. The first-order valence-electron chi connectivity index (χ1n) is 7.06. The molecule has 1 aliphatic heterocycles. The van der Waals surface area contributed by atoms with E-state index in [-0.39, 0.29) is 17.6 Å². The van der Waals surface area contributed by atoms with E-state index in [0.717, 1.165) is 24.8 Å². The first-order chi connectivity index (χ1) is 9.62. The van der Waals surface area contributed by atoms with E-state index in [1.807, 2.05) is 23.1 Å². The number of nitrogens with one attached hydrogen (secondary N) is 1. The Hall–Kier alpha value is -1.20. The molecule has 1 spiro atoms. The molecule has 108 valence electrons. The zero-order valence-electron chi connectivity index (χ0n) is 11.7. The quantitative estimate of drug-likeness (QED) is 0.893. The average molecular weight is 292 g/mol. The van der Waals surface area contributed by atoms with Crippen molar-refractivity contribution in [2.75, 3.05) is 18.6 Å². The Morgan fingerprint density at radius 1 is 1.35 bits per heavy atom. The maximum Gasteiger partial charge on any atom is 0.244 e. The van der Waals surface area contributed by atoms with Crippen LogP contribution >= 0.6 is 0 Å². The molecular formula is C15H20N2O2S. The summed E-state index contributed by atoms with van der Waals surface area (Å²) < 4.78 is 11.2. The minimum absolute atomic E-state index is 0.0310. The third-order valence-corrected chi connectivity index (χ3v) is 4.95. The number of carbonyl (C=O) groups excluding carboxylic acids is 1. The summed E-state index contributed by atoms with van der Waals surface area (Å²) in [5, 5.41) is 3.50. The van der Waals surface area contributed by atoms with Crippen molar-refractivity contribution >= 4 is 16.7 Å². The molecule has 1 saturated heterocycles. The standard InChI is InChI=1S/C15H20N2O2S/c1-20(19)11-5-10-17-13(12-6-3-2-4-7-12)16-15(8-9-15)14(17)18/h2-4,6-7,13,16H,5,8-11H2,1H3. The van der Waals surface area contributed by atoms with Gasteiger partial charge >= 0.3 is 0 Å². The highest BCUT2D eigenvalue weighted by Crippen LogP contribution is 2.45. The van der Waals surface area contributed by atoms with E-state index < -0.39 is 10.8 Å². The fourth-order valence-electron chi connectivity index (χ4n) is 2.84. The molecule has 5 heteroatoms. The highest BCUT2D eigenvalue weighted by atomic mass is 32.2. The van der Waals surface area contributed by atoms with Gasteiger partial charge in [0.05, 0.1) is 0 Å². The summed E-state index contributed by atoms with van der Waals surface area (Å²) in [6.45, 7) is 0.673. The number of hydrogen-bond donors (Lipinski definition) is 1. The van der Waals surface area contributed by atoms with Gasteiger partial charge in [-0.25, -0.2) is 0 Å². The van der Waals surface area contributed by atoms with E-state index in [2.05, 4.69) is 17.4 Å². The molecule has 0 bridgehead atoms. The third-order valence-electron chi connectivity index (χ3n) is 4.09. The number of benzene rings is 1. The molecule has 1 aromatic rings. The van der Waals surface area contributed by atoms with E-state index >= 15 is 0 Å². The van der Waals surface area contributed by atoms with Crippen molar-refractivity contribution in [1.29, 1.82) is 0 Å². The molecule has 2 aliphatic rings. The zero-order valence-corrected chi connectivity index (χ0v) is 12.5. The van der Waals surface area contributed by atoms with Crippen molar-refractivity contribution in [1.82, 2.24) is 10.2 Å². The summed E-state index contributed by atoms with van der Waals surface area (Å²) in [6, 6.07) is 10.1. The van der Waals surface area contributed by atoms with E-state index in [9.17, 15) is 9.00 Å². The lowest BCUT2D eigenvalue weighted by Gasteiger charge is -2.24. The van der Waals surface area contributed by atoms with Crippen molar-refractivity contribution in [3.05, 3.63) is 35.9 Å². The molecule has 3 rings (SSSR count). The summed E-state index contributed by atoms with van der Waals surface area (Å²) in [5.74, 6) is 0.867. The Bertz CT molecular complexity index is 528. The van der Waals surface area contributed by atoms with Crippen LogP contribution < -0.4 is 5.32 Å². The van der Waals surface area contributed by atoms with Crippen LogP contribution in [0.1, 0.15) is 31.0 Å². The van der Waals surface area contributed by atoms with Crippen molar-refractivity contribution < 1.29 is 9.00 Å². The third kappa shape index (κ3) is 2.52. The van der Waals surface area contributed by atoms with Gasteiger partial charge < -0.3 is 4.90 Å². The lowest BCUT2D eigenvalue weighted by atomic mass is 10.1. The van der Waals surface area contributed by atoms with Gasteiger partial charge in [-0.1, -0.05) is 30.3 Å². The van der Waals surface area contributed by atoms with Crippen LogP contribution in [-0.4, -0.2) is 39.1 Å². The summed E-state index contributed by atoms with van der Waals surface area (Å²) in [5.41, 5.74) is 0.827. The largest absolute Gasteiger partial charge is 0.321 e. The number of rotatable bonds is 5. The van der Waals surface area contributed by atoms with Gasteiger partial charge in [-0.15, -0.1) is 0 Å². The molecule has 1 amide bonds. The summed E-state index contributed by atoms with van der Waals surface area (Å²) in [7, 11) is -0.794. The monoisotopic (exact) mass is 292 g/mol. The van der Waals surface area contributed by atoms with Crippen LogP contribution in [0, 0.1) is 0 Å². The van der Waals surface area contributed by atoms with Crippen LogP contribution in [0.3, 0.4) is 0 Å². The second-order valence-corrected chi connectivity index (χ2v) is 7.22. The van der Waals surface area contributed by atoms with Crippen LogP contribution in [0.4, 0.5) is 0 Å². The maximum atomic E-state index is 12.5. The first-order valence-corrected chi connectivity index (χ1v) is 8.79. The fourth-order valence-corrected chi connectivity index (χ4v) is 3.38. The predicted octanol–water partition coefficient (Wildman–Crippen LogP) is 1.42. The van der Waals surface area contributed by atoms with Gasteiger partial charge in [0.25, 0.3) is 0 Å². The van der Waals surface area contributed by atoms with Crippen LogP contribution in [0.25, 0.3) is 0 Å². The lowest BCUT2D eigenvalue weighted by Crippen LogP contribution is -2.33. The molecule has 0 radical (unpaired) electrons. The molecule has 1 aromatic carbocycles. The molecule has 1 aliphatic carbocycles. The number of hydrogen-bond acceptors (Lipinski definition) is 3. The molecular weight excluding hydrogens is 272 g/mol. The Morgan fingerprint density at radius 3 is 2.65 bits per heavy atom. The first kappa shape index (κ1) is 13.8. The zero-order chi connectivity index (χ0) is 14.2. The van der Waals surface area contributed by atoms with Gasteiger partial charge in [-0.05, 0) is 24.8 Å². The van der Waals surface area contributed by atoms with Gasteiger partial charge in [0, 0.05) is 29.4 Å². The molecule has 4 nitrogen and oxygen atoms in total. The van der Waals surface area contributed by atoms with Gasteiger partial charge in [-0.3, -0.25) is 14.3 Å². The van der Waals surface area contributed by atoms with Crippen LogP contribution in [-0.2, 0) is 15.6 Å². The molecule has 2 atom stereocenters.